The number of benzene rings is 2. The zero-order valence-corrected chi connectivity index (χ0v) is 11.8. The normalized spacial score (nSPS) is 12.4. The lowest BCUT2D eigenvalue weighted by Gasteiger charge is -2.18. The summed E-state index contributed by atoms with van der Waals surface area (Å²) in [5.74, 6) is -0.276. The first-order valence-corrected chi connectivity index (χ1v) is 6.75. The predicted molar refractivity (Wildman–Crippen MR) is 77.9 cm³/mol. The molecule has 0 saturated carbocycles. The molecule has 0 amide bonds. The minimum Gasteiger partial charge on any atom is -0.319 e. The highest BCUT2D eigenvalue weighted by molar-refractivity contribution is 5.30. The summed E-state index contributed by atoms with van der Waals surface area (Å²) in [7, 11) is 1.88. The number of likely N-dealkylation sites (N-methyl/N-ethyl adjacent to an activating group) is 1. The zero-order chi connectivity index (χ0) is 14.5. The highest BCUT2D eigenvalue weighted by atomic mass is 19.1. The number of aryl methyl sites for hydroxylation is 1. The fourth-order valence-electron chi connectivity index (χ4n) is 2.47. The summed E-state index contributed by atoms with van der Waals surface area (Å²) in [6, 6.07) is 11.5. The van der Waals surface area contributed by atoms with Crippen molar-refractivity contribution in [2.45, 2.75) is 19.3 Å². The smallest absolute Gasteiger partial charge is 0.123 e. The molecule has 0 radical (unpaired) electrons. The van der Waals surface area contributed by atoms with Gasteiger partial charge in [-0.1, -0.05) is 18.2 Å². The van der Waals surface area contributed by atoms with E-state index in [1.807, 2.05) is 26.1 Å². The van der Waals surface area contributed by atoms with Gasteiger partial charge >= 0.3 is 0 Å². The monoisotopic (exact) mass is 275 g/mol. The zero-order valence-electron chi connectivity index (χ0n) is 11.8. The topological polar surface area (TPSA) is 12.0 Å². The fraction of sp³-hybridized carbons (Fsp3) is 0.294. The molecule has 2 aromatic carbocycles. The maximum absolute atomic E-state index is 13.4. The third-order valence-electron chi connectivity index (χ3n) is 3.54. The Morgan fingerprint density at radius 2 is 1.80 bits per heavy atom. The maximum atomic E-state index is 13.4. The molecule has 106 valence electrons. The quantitative estimate of drug-likeness (QED) is 0.874. The summed E-state index contributed by atoms with van der Waals surface area (Å²) in [4.78, 5) is 0. The van der Waals surface area contributed by atoms with Crippen molar-refractivity contribution >= 4 is 0 Å². The van der Waals surface area contributed by atoms with Crippen LogP contribution in [0.1, 0.15) is 22.6 Å². The number of hydrogen-bond donors (Lipinski definition) is 1. The molecule has 3 heteroatoms. The maximum Gasteiger partial charge on any atom is 0.123 e. The van der Waals surface area contributed by atoms with Crippen LogP contribution in [0.4, 0.5) is 8.78 Å². The number of rotatable bonds is 5. The van der Waals surface area contributed by atoms with Gasteiger partial charge in [0.1, 0.15) is 11.6 Å². The first-order valence-electron chi connectivity index (χ1n) is 6.75. The van der Waals surface area contributed by atoms with E-state index in [0.717, 1.165) is 29.7 Å². The van der Waals surface area contributed by atoms with Crippen molar-refractivity contribution in [2.24, 2.45) is 0 Å². The van der Waals surface area contributed by atoms with Gasteiger partial charge in [-0.15, -0.1) is 0 Å². The molecule has 1 atom stereocenters. The van der Waals surface area contributed by atoms with Crippen LogP contribution in [0.25, 0.3) is 0 Å². The van der Waals surface area contributed by atoms with E-state index in [4.69, 9.17) is 0 Å². The van der Waals surface area contributed by atoms with Crippen molar-refractivity contribution < 1.29 is 8.78 Å². The summed E-state index contributed by atoms with van der Waals surface area (Å²) in [5.41, 5.74) is 2.99. The second kappa shape index (κ2) is 6.62. The summed E-state index contributed by atoms with van der Waals surface area (Å²) in [6.07, 6.45) is 0.760. The van der Waals surface area contributed by atoms with Crippen LogP contribution in [0.15, 0.2) is 42.5 Å². The molecule has 1 nitrogen and oxygen atoms in total. The third kappa shape index (κ3) is 3.64. The Morgan fingerprint density at radius 3 is 2.45 bits per heavy atom. The Labute approximate surface area is 118 Å². The van der Waals surface area contributed by atoms with Crippen LogP contribution in [0.2, 0.25) is 0 Å². The van der Waals surface area contributed by atoms with Crippen molar-refractivity contribution in [3.63, 3.8) is 0 Å². The minimum absolute atomic E-state index is 0.167. The van der Waals surface area contributed by atoms with Gasteiger partial charge in [-0.2, -0.15) is 0 Å². The summed E-state index contributed by atoms with van der Waals surface area (Å²) in [6.45, 7) is 2.65. The summed E-state index contributed by atoms with van der Waals surface area (Å²) >= 11 is 0. The first-order chi connectivity index (χ1) is 9.60. The van der Waals surface area contributed by atoms with Crippen molar-refractivity contribution in [3.05, 3.63) is 70.8 Å². The Bertz CT molecular complexity index is 581. The Morgan fingerprint density at radius 1 is 1.05 bits per heavy atom. The van der Waals surface area contributed by atoms with E-state index < -0.39 is 0 Å². The highest BCUT2D eigenvalue weighted by Crippen LogP contribution is 2.23. The van der Waals surface area contributed by atoms with Crippen LogP contribution in [0.5, 0.6) is 0 Å². The van der Waals surface area contributed by atoms with Crippen molar-refractivity contribution in [1.29, 1.82) is 0 Å². The van der Waals surface area contributed by atoms with Gasteiger partial charge in [0.05, 0.1) is 0 Å². The molecule has 1 N–H and O–H groups in total. The molecule has 0 fully saturated rings. The molecule has 2 rings (SSSR count). The number of hydrogen-bond acceptors (Lipinski definition) is 1. The van der Waals surface area contributed by atoms with E-state index in [-0.39, 0.29) is 17.6 Å². The third-order valence-corrected chi connectivity index (χ3v) is 3.54. The molecular formula is C17H19F2N. The Hall–Kier alpha value is -1.74. The molecule has 2 aromatic rings. The van der Waals surface area contributed by atoms with Crippen LogP contribution in [-0.2, 0) is 6.42 Å². The predicted octanol–water partition coefficient (Wildman–Crippen LogP) is 3.82. The number of halogens is 2. The van der Waals surface area contributed by atoms with E-state index in [0.29, 0.717) is 0 Å². The van der Waals surface area contributed by atoms with Crippen LogP contribution >= 0.6 is 0 Å². The average Bonchev–Trinajstić information content (AvgIpc) is 2.41. The van der Waals surface area contributed by atoms with Gasteiger partial charge in [-0.05, 0) is 61.3 Å². The standard InChI is InChI=1S/C17H19F2N/c1-12-8-17(19)7-6-13(12)9-15(11-20-2)14-4-3-5-16(18)10-14/h3-8,10,15,20H,9,11H2,1-2H3. The van der Waals surface area contributed by atoms with Crippen LogP contribution < -0.4 is 5.32 Å². The van der Waals surface area contributed by atoms with E-state index in [9.17, 15) is 8.78 Å². The minimum atomic E-state index is -0.223. The van der Waals surface area contributed by atoms with E-state index in [1.54, 1.807) is 12.1 Å². The summed E-state index contributed by atoms with van der Waals surface area (Å²) < 4.78 is 26.5. The average molecular weight is 275 g/mol. The van der Waals surface area contributed by atoms with Crippen LogP contribution in [0, 0.1) is 18.6 Å². The van der Waals surface area contributed by atoms with Crippen molar-refractivity contribution in [2.75, 3.05) is 13.6 Å². The number of nitrogens with one attached hydrogen (secondary N) is 1. The molecule has 0 aliphatic rings. The molecule has 0 aliphatic carbocycles. The van der Waals surface area contributed by atoms with Crippen molar-refractivity contribution in [3.8, 4) is 0 Å². The van der Waals surface area contributed by atoms with E-state index in [2.05, 4.69) is 5.32 Å². The van der Waals surface area contributed by atoms with Gasteiger partial charge in [0, 0.05) is 12.5 Å². The second-order valence-electron chi connectivity index (χ2n) is 5.08. The lowest BCUT2D eigenvalue weighted by atomic mass is 9.90. The van der Waals surface area contributed by atoms with Gasteiger partial charge in [0.15, 0.2) is 0 Å². The molecule has 0 spiro atoms. The van der Waals surface area contributed by atoms with Crippen LogP contribution in [0.3, 0.4) is 0 Å². The molecule has 0 heterocycles. The van der Waals surface area contributed by atoms with Gasteiger partial charge in [-0.3, -0.25) is 0 Å². The second-order valence-corrected chi connectivity index (χ2v) is 5.08. The van der Waals surface area contributed by atoms with Crippen LogP contribution in [-0.4, -0.2) is 13.6 Å². The molecule has 20 heavy (non-hydrogen) atoms. The SMILES string of the molecule is CNCC(Cc1ccc(F)cc1C)c1cccc(F)c1. The van der Waals surface area contributed by atoms with Gasteiger partial charge in [-0.25, -0.2) is 8.78 Å². The first kappa shape index (κ1) is 14.7. The van der Waals surface area contributed by atoms with E-state index >= 15 is 0 Å². The molecule has 1 unspecified atom stereocenters. The van der Waals surface area contributed by atoms with Gasteiger partial charge < -0.3 is 5.32 Å². The Balaban J connectivity index is 2.25. The van der Waals surface area contributed by atoms with E-state index in [1.165, 1.54) is 18.2 Å². The van der Waals surface area contributed by atoms with Gasteiger partial charge in [0.2, 0.25) is 0 Å². The fourth-order valence-corrected chi connectivity index (χ4v) is 2.47. The molecular weight excluding hydrogens is 256 g/mol. The van der Waals surface area contributed by atoms with Gasteiger partial charge in [0.25, 0.3) is 0 Å². The molecule has 0 bridgehead atoms. The lowest BCUT2D eigenvalue weighted by molar-refractivity contribution is 0.597. The molecule has 0 saturated heterocycles. The molecule has 0 aromatic heterocycles. The van der Waals surface area contributed by atoms with Crippen molar-refractivity contribution in [1.82, 2.24) is 5.32 Å². The summed E-state index contributed by atoms with van der Waals surface area (Å²) in [5, 5.41) is 3.14. The molecule has 0 aliphatic heterocycles. The lowest BCUT2D eigenvalue weighted by Crippen LogP contribution is -2.19. The Kier molecular flexibility index (Phi) is 4.85. The highest BCUT2D eigenvalue weighted by Gasteiger charge is 2.14. The largest absolute Gasteiger partial charge is 0.319 e.